The molecule has 0 radical (unpaired) electrons. The molecule has 1 fully saturated rings. The number of nitrogens with two attached hydrogens (primary N) is 1. The number of hydrogen-bond acceptors (Lipinski definition) is 2. The summed E-state index contributed by atoms with van der Waals surface area (Å²) in [5.74, 6) is -0.308. The Bertz CT molecular complexity index is 447. The van der Waals surface area contributed by atoms with Crippen LogP contribution in [0.4, 0.5) is 10.1 Å². The Labute approximate surface area is 125 Å². The van der Waals surface area contributed by atoms with Gasteiger partial charge in [-0.1, -0.05) is 25.0 Å². The lowest BCUT2D eigenvalue weighted by atomic mass is 9.83. The third-order valence-corrected chi connectivity index (χ3v) is 3.90. The van der Waals surface area contributed by atoms with Gasteiger partial charge in [0.15, 0.2) is 0 Å². The number of amides is 1. The highest BCUT2D eigenvalue weighted by Crippen LogP contribution is 2.26. The number of nitrogens with one attached hydrogen (secondary N) is 1. The van der Waals surface area contributed by atoms with Crippen LogP contribution < -0.4 is 11.1 Å². The highest BCUT2D eigenvalue weighted by atomic mass is 35.5. The van der Waals surface area contributed by atoms with E-state index in [0.29, 0.717) is 6.42 Å². The van der Waals surface area contributed by atoms with Gasteiger partial charge in [0.2, 0.25) is 5.91 Å². The van der Waals surface area contributed by atoms with E-state index in [9.17, 15) is 9.18 Å². The average molecular weight is 301 g/mol. The van der Waals surface area contributed by atoms with E-state index in [0.717, 1.165) is 31.2 Å². The molecule has 1 aromatic carbocycles. The fourth-order valence-electron chi connectivity index (χ4n) is 2.71. The molecule has 0 spiro atoms. The average Bonchev–Trinajstić information content (AvgIpc) is 2.37. The molecule has 1 aliphatic rings. The molecule has 2 atom stereocenters. The molecule has 0 aromatic heterocycles. The van der Waals surface area contributed by atoms with Crippen molar-refractivity contribution in [3.8, 4) is 0 Å². The highest BCUT2D eigenvalue weighted by molar-refractivity contribution is 5.91. The van der Waals surface area contributed by atoms with Crippen LogP contribution >= 0.6 is 12.4 Å². The minimum absolute atomic E-state index is 0. The Hall–Kier alpha value is -1.13. The number of carbonyl (C=O) groups is 1. The largest absolute Gasteiger partial charge is 0.327 e. The van der Waals surface area contributed by atoms with Crippen LogP contribution in [0, 0.1) is 18.7 Å². The molecule has 3 nitrogen and oxygen atoms in total. The van der Waals surface area contributed by atoms with Crippen molar-refractivity contribution in [1.82, 2.24) is 0 Å². The second kappa shape index (κ2) is 7.60. The van der Waals surface area contributed by atoms with E-state index in [1.54, 1.807) is 19.1 Å². The Morgan fingerprint density at radius 1 is 1.40 bits per heavy atom. The third-order valence-electron chi connectivity index (χ3n) is 3.90. The van der Waals surface area contributed by atoms with Crippen LogP contribution in [0.3, 0.4) is 0 Å². The second-order valence-corrected chi connectivity index (χ2v) is 5.39. The van der Waals surface area contributed by atoms with Crippen LogP contribution in [-0.4, -0.2) is 11.9 Å². The maximum atomic E-state index is 13.6. The summed E-state index contributed by atoms with van der Waals surface area (Å²) in [4.78, 5) is 12.0. The fraction of sp³-hybridized carbons (Fsp3) is 0.533. The van der Waals surface area contributed by atoms with Crippen LogP contribution in [0.2, 0.25) is 0 Å². The second-order valence-electron chi connectivity index (χ2n) is 5.39. The van der Waals surface area contributed by atoms with Gasteiger partial charge < -0.3 is 11.1 Å². The van der Waals surface area contributed by atoms with Crippen LogP contribution in [0.25, 0.3) is 0 Å². The van der Waals surface area contributed by atoms with Crippen molar-refractivity contribution in [2.75, 3.05) is 5.32 Å². The van der Waals surface area contributed by atoms with Gasteiger partial charge >= 0.3 is 0 Å². The molecule has 1 aliphatic carbocycles. The third kappa shape index (κ3) is 4.18. The maximum Gasteiger partial charge on any atom is 0.224 e. The van der Waals surface area contributed by atoms with E-state index in [1.165, 1.54) is 6.07 Å². The van der Waals surface area contributed by atoms with Crippen molar-refractivity contribution in [2.45, 2.75) is 45.1 Å². The Kier molecular flexibility index (Phi) is 6.43. The van der Waals surface area contributed by atoms with Gasteiger partial charge in [0, 0.05) is 12.5 Å². The molecular weight excluding hydrogens is 279 g/mol. The summed E-state index contributed by atoms with van der Waals surface area (Å²) in [6.07, 6.45) is 4.63. The van der Waals surface area contributed by atoms with Gasteiger partial charge in [0.25, 0.3) is 0 Å². The van der Waals surface area contributed by atoms with Gasteiger partial charge in [-0.3, -0.25) is 4.79 Å². The van der Waals surface area contributed by atoms with Crippen LogP contribution in [0.1, 0.15) is 37.7 Å². The first kappa shape index (κ1) is 16.9. The number of anilines is 1. The van der Waals surface area contributed by atoms with Crippen molar-refractivity contribution >= 4 is 24.0 Å². The molecule has 0 bridgehead atoms. The van der Waals surface area contributed by atoms with Gasteiger partial charge in [0.05, 0.1) is 5.69 Å². The number of halogens is 2. The predicted molar refractivity (Wildman–Crippen MR) is 81.6 cm³/mol. The van der Waals surface area contributed by atoms with Crippen molar-refractivity contribution in [1.29, 1.82) is 0 Å². The molecule has 0 heterocycles. The molecule has 1 saturated carbocycles. The summed E-state index contributed by atoms with van der Waals surface area (Å²) in [7, 11) is 0. The smallest absolute Gasteiger partial charge is 0.224 e. The number of carbonyl (C=O) groups excluding carboxylic acids is 1. The summed E-state index contributed by atoms with van der Waals surface area (Å²) in [6.45, 7) is 1.78. The van der Waals surface area contributed by atoms with Crippen LogP contribution in [0.5, 0.6) is 0 Å². The lowest BCUT2D eigenvalue weighted by Gasteiger charge is -2.28. The minimum Gasteiger partial charge on any atom is -0.327 e. The lowest BCUT2D eigenvalue weighted by Crippen LogP contribution is -2.35. The number of para-hydroxylation sites is 1. The number of hydrogen-bond donors (Lipinski definition) is 2. The van der Waals surface area contributed by atoms with E-state index >= 15 is 0 Å². The first-order valence-electron chi connectivity index (χ1n) is 6.88. The molecule has 3 N–H and O–H groups in total. The van der Waals surface area contributed by atoms with Crippen molar-refractivity contribution in [3.63, 3.8) is 0 Å². The minimum atomic E-state index is -0.388. The fourth-order valence-corrected chi connectivity index (χ4v) is 2.71. The summed E-state index contributed by atoms with van der Waals surface area (Å²) < 4.78 is 13.6. The molecule has 0 saturated heterocycles. The molecule has 20 heavy (non-hydrogen) atoms. The quantitative estimate of drug-likeness (QED) is 0.899. The normalized spacial score (nSPS) is 21.9. The first-order valence-corrected chi connectivity index (χ1v) is 6.88. The van der Waals surface area contributed by atoms with Gasteiger partial charge in [-0.2, -0.15) is 0 Å². The van der Waals surface area contributed by atoms with E-state index in [1.807, 2.05) is 0 Å². The molecule has 0 aliphatic heterocycles. The lowest BCUT2D eigenvalue weighted by molar-refractivity contribution is -0.117. The molecule has 112 valence electrons. The summed E-state index contributed by atoms with van der Waals surface area (Å²) in [5, 5.41) is 2.68. The molecular formula is C15H22ClFN2O. The summed E-state index contributed by atoms with van der Waals surface area (Å²) in [5.41, 5.74) is 7.05. The van der Waals surface area contributed by atoms with E-state index < -0.39 is 0 Å². The summed E-state index contributed by atoms with van der Waals surface area (Å²) >= 11 is 0. The standard InChI is InChI=1S/C15H21FN2O.ClH/c1-10-5-4-7-12(16)15(10)18-14(19)9-11-6-2-3-8-13(11)17;/h4-5,7,11,13H,2-3,6,8-9,17H2,1H3,(H,18,19);1H. The first-order chi connectivity index (χ1) is 9.08. The van der Waals surface area contributed by atoms with Gasteiger partial charge in [-0.05, 0) is 37.3 Å². The Balaban J connectivity index is 0.00000200. The van der Waals surface area contributed by atoms with Crippen molar-refractivity contribution in [2.24, 2.45) is 11.7 Å². The Morgan fingerprint density at radius 3 is 2.75 bits per heavy atom. The van der Waals surface area contributed by atoms with E-state index in [4.69, 9.17) is 5.73 Å². The Morgan fingerprint density at radius 2 is 2.10 bits per heavy atom. The SMILES string of the molecule is Cc1cccc(F)c1NC(=O)CC1CCCCC1N.Cl. The molecule has 2 rings (SSSR count). The molecule has 5 heteroatoms. The van der Waals surface area contributed by atoms with Crippen molar-refractivity contribution < 1.29 is 9.18 Å². The topological polar surface area (TPSA) is 55.1 Å². The summed E-state index contributed by atoms with van der Waals surface area (Å²) in [6, 6.07) is 4.87. The van der Waals surface area contributed by atoms with E-state index in [2.05, 4.69) is 5.32 Å². The molecule has 2 unspecified atom stereocenters. The van der Waals surface area contributed by atoms with Gasteiger partial charge in [-0.25, -0.2) is 4.39 Å². The zero-order chi connectivity index (χ0) is 13.8. The number of benzene rings is 1. The van der Waals surface area contributed by atoms with Crippen molar-refractivity contribution in [3.05, 3.63) is 29.6 Å². The molecule has 1 aromatic rings. The number of rotatable bonds is 3. The van der Waals surface area contributed by atoms with Crippen LogP contribution in [-0.2, 0) is 4.79 Å². The predicted octanol–water partition coefficient (Wildman–Crippen LogP) is 3.40. The number of aryl methyl sites for hydroxylation is 1. The zero-order valence-electron chi connectivity index (χ0n) is 11.7. The van der Waals surface area contributed by atoms with Gasteiger partial charge in [-0.15, -0.1) is 12.4 Å². The van der Waals surface area contributed by atoms with Gasteiger partial charge in [0.1, 0.15) is 5.82 Å². The maximum absolute atomic E-state index is 13.6. The van der Waals surface area contributed by atoms with E-state index in [-0.39, 0.29) is 41.8 Å². The van der Waals surface area contributed by atoms with Crippen LogP contribution in [0.15, 0.2) is 18.2 Å². The highest BCUT2D eigenvalue weighted by Gasteiger charge is 2.24. The molecule has 1 amide bonds. The monoisotopic (exact) mass is 300 g/mol. The zero-order valence-corrected chi connectivity index (χ0v) is 12.5.